The molecule has 1 atom stereocenters. The molecule has 1 fully saturated rings. The van der Waals surface area contributed by atoms with Crippen LogP contribution in [0.4, 0.5) is 23.0 Å². The Morgan fingerprint density at radius 3 is 2.65 bits per heavy atom. The molecule has 1 aromatic heterocycles. The van der Waals surface area contributed by atoms with Crippen molar-refractivity contribution in [2.75, 3.05) is 29.0 Å². The summed E-state index contributed by atoms with van der Waals surface area (Å²) >= 11 is 0. The molecule has 1 aliphatic heterocycles. The predicted molar refractivity (Wildman–Crippen MR) is 138 cm³/mol. The van der Waals surface area contributed by atoms with E-state index in [1.165, 1.54) is 6.08 Å². The van der Waals surface area contributed by atoms with Gasteiger partial charge in [0.2, 0.25) is 11.9 Å². The number of benzene rings is 3. The molecule has 0 bridgehead atoms. The van der Waals surface area contributed by atoms with Gasteiger partial charge < -0.3 is 21.3 Å². The summed E-state index contributed by atoms with van der Waals surface area (Å²) in [4.78, 5) is 21.0. The number of hydrogen-bond acceptors (Lipinski definition) is 6. The first-order chi connectivity index (χ1) is 16.7. The van der Waals surface area contributed by atoms with Crippen molar-refractivity contribution in [3.8, 4) is 11.1 Å². The molecule has 1 unspecified atom stereocenters. The first-order valence-corrected chi connectivity index (χ1v) is 11.3. The Bertz CT molecular complexity index is 1330. The number of aromatic nitrogens is 2. The van der Waals surface area contributed by atoms with E-state index in [0.29, 0.717) is 17.7 Å². The van der Waals surface area contributed by atoms with E-state index >= 15 is 0 Å². The van der Waals surface area contributed by atoms with Crippen LogP contribution in [0.25, 0.3) is 22.0 Å². The molecular weight excluding hydrogens is 424 g/mol. The molecule has 0 saturated carbocycles. The van der Waals surface area contributed by atoms with E-state index in [1.807, 2.05) is 60.8 Å². The lowest BCUT2D eigenvalue weighted by molar-refractivity contribution is -0.111. The highest BCUT2D eigenvalue weighted by molar-refractivity contribution is 6.00. The Balaban J connectivity index is 1.39. The van der Waals surface area contributed by atoms with Gasteiger partial charge in [-0.1, -0.05) is 36.9 Å². The third-order valence-electron chi connectivity index (χ3n) is 5.81. The molecule has 3 aromatic carbocycles. The van der Waals surface area contributed by atoms with Crippen LogP contribution in [0.2, 0.25) is 0 Å². The molecule has 5 rings (SSSR count). The van der Waals surface area contributed by atoms with Crippen molar-refractivity contribution in [2.24, 2.45) is 0 Å². The van der Waals surface area contributed by atoms with Crippen molar-refractivity contribution in [3.63, 3.8) is 0 Å². The van der Waals surface area contributed by atoms with Gasteiger partial charge in [0.1, 0.15) is 0 Å². The minimum Gasteiger partial charge on any atom is -0.381 e. The lowest BCUT2D eigenvalue weighted by atomic mass is 10.0. The summed E-state index contributed by atoms with van der Waals surface area (Å²) in [5.41, 5.74) is 5.47. The highest BCUT2D eigenvalue weighted by Gasteiger charge is 2.13. The summed E-state index contributed by atoms with van der Waals surface area (Å²) in [6, 6.07) is 22.3. The van der Waals surface area contributed by atoms with Crippen LogP contribution in [0.1, 0.15) is 6.42 Å². The van der Waals surface area contributed by atoms with E-state index < -0.39 is 0 Å². The zero-order chi connectivity index (χ0) is 23.3. The van der Waals surface area contributed by atoms with Gasteiger partial charge in [-0.05, 0) is 61.0 Å². The number of anilines is 4. The van der Waals surface area contributed by atoms with Crippen LogP contribution in [0, 0.1) is 0 Å². The van der Waals surface area contributed by atoms with E-state index in [1.54, 1.807) is 0 Å². The largest absolute Gasteiger partial charge is 0.381 e. The third kappa shape index (κ3) is 4.89. The van der Waals surface area contributed by atoms with E-state index in [9.17, 15) is 4.79 Å². The van der Waals surface area contributed by atoms with Gasteiger partial charge in [0.15, 0.2) is 0 Å². The van der Waals surface area contributed by atoms with Gasteiger partial charge in [0.25, 0.3) is 0 Å². The van der Waals surface area contributed by atoms with Crippen molar-refractivity contribution in [1.29, 1.82) is 0 Å². The second-order valence-corrected chi connectivity index (χ2v) is 8.25. The monoisotopic (exact) mass is 450 g/mol. The van der Waals surface area contributed by atoms with Gasteiger partial charge >= 0.3 is 0 Å². The average molecular weight is 451 g/mol. The highest BCUT2D eigenvalue weighted by atomic mass is 16.1. The standard InChI is InChI=1S/C27H26N6O/c1-2-25(34)31-22-7-3-5-18(15-22)24-8-4-6-19-16-29-27(33-26(19)24)32-21-11-9-20(10-12-21)30-23-13-14-28-17-23/h2-12,15-16,23,28,30H,1,13-14,17H2,(H,31,34)(H,29,32,33). The van der Waals surface area contributed by atoms with Gasteiger partial charge in [0, 0.05) is 46.8 Å². The number of carbonyl (C=O) groups excluding carboxylic acids is 1. The maximum absolute atomic E-state index is 11.7. The SMILES string of the molecule is C=CC(=O)Nc1cccc(-c2cccc3cnc(Nc4ccc(NC5CCNC5)cc4)nc23)c1. The lowest BCUT2D eigenvalue weighted by Crippen LogP contribution is -2.21. The zero-order valence-corrected chi connectivity index (χ0v) is 18.7. The molecule has 170 valence electrons. The fourth-order valence-corrected chi connectivity index (χ4v) is 4.10. The van der Waals surface area contributed by atoms with Gasteiger partial charge in [-0.3, -0.25) is 4.79 Å². The maximum atomic E-state index is 11.7. The molecule has 4 N–H and O–H groups in total. The second kappa shape index (κ2) is 9.72. The summed E-state index contributed by atoms with van der Waals surface area (Å²) in [7, 11) is 0. The number of nitrogens with zero attached hydrogens (tertiary/aromatic N) is 2. The Morgan fingerprint density at radius 1 is 1.03 bits per heavy atom. The minimum atomic E-state index is -0.245. The van der Waals surface area contributed by atoms with Crippen molar-refractivity contribution < 1.29 is 4.79 Å². The molecule has 0 spiro atoms. The number of amides is 1. The molecule has 7 nitrogen and oxygen atoms in total. The number of nitrogens with one attached hydrogen (secondary N) is 4. The Morgan fingerprint density at radius 2 is 1.85 bits per heavy atom. The summed E-state index contributed by atoms with van der Waals surface area (Å²) < 4.78 is 0. The van der Waals surface area contributed by atoms with Gasteiger partial charge in [-0.2, -0.15) is 0 Å². The Kier molecular flexibility index (Phi) is 6.18. The number of carbonyl (C=O) groups is 1. The predicted octanol–water partition coefficient (Wildman–Crippen LogP) is 4.94. The number of hydrogen-bond donors (Lipinski definition) is 4. The molecule has 2 heterocycles. The summed E-state index contributed by atoms with van der Waals surface area (Å²) in [5.74, 6) is 0.279. The van der Waals surface area contributed by atoms with Crippen molar-refractivity contribution in [2.45, 2.75) is 12.5 Å². The Labute approximate surface area is 198 Å². The molecule has 0 radical (unpaired) electrons. The van der Waals surface area contributed by atoms with Crippen LogP contribution >= 0.6 is 0 Å². The fourth-order valence-electron chi connectivity index (χ4n) is 4.10. The number of rotatable bonds is 7. The fraction of sp³-hybridized carbons (Fsp3) is 0.148. The van der Waals surface area contributed by atoms with Crippen LogP contribution in [0.15, 0.2) is 85.6 Å². The molecular formula is C27H26N6O. The molecule has 1 amide bonds. The van der Waals surface area contributed by atoms with Crippen LogP contribution < -0.4 is 21.3 Å². The van der Waals surface area contributed by atoms with Crippen LogP contribution in [0.3, 0.4) is 0 Å². The molecule has 1 saturated heterocycles. The quantitative estimate of drug-likeness (QED) is 0.298. The topological polar surface area (TPSA) is 91.0 Å². The number of fused-ring (bicyclic) bond motifs is 1. The van der Waals surface area contributed by atoms with Crippen LogP contribution in [-0.4, -0.2) is 35.0 Å². The lowest BCUT2D eigenvalue weighted by Gasteiger charge is -2.14. The molecule has 0 aliphatic carbocycles. The second-order valence-electron chi connectivity index (χ2n) is 8.25. The summed E-state index contributed by atoms with van der Waals surface area (Å²) in [6.07, 6.45) is 4.21. The summed E-state index contributed by atoms with van der Waals surface area (Å²) in [6.45, 7) is 5.57. The van der Waals surface area contributed by atoms with E-state index in [-0.39, 0.29) is 5.91 Å². The van der Waals surface area contributed by atoms with E-state index in [4.69, 9.17) is 4.98 Å². The first kappa shape index (κ1) is 21.6. The first-order valence-electron chi connectivity index (χ1n) is 11.3. The normalized spacial score (nSPS) is 15.1. The van der Waals surface area contributed by atoms with Crippen molar-refractivity contribution in [3.05, 3.63) is 85.6 Å². The van der Waals surface area contributed by atoms with Crippen molar-refractivity contribution in [1.82, 2.24) is 15.3 Å². The molecule has 7 heteroatoms. The average Bonchev–Trinajstić information content (AvgIpc) is 3.38. The van der Waals surface area contributed by atoms with Gasteiger partial charge in [0.05, 0.1) is 5.52 Å². The number of para-hydroxylation sites is 1. The zero-order valence-electron chi connectivity index (χ0n) is 18.7. The van der Waals surface area contributed by atoms with Crippen molar-refractivity contribution >= 4 is 39.8 Å². The molecule has 34 heavy (non-hydrogen) atoms. The third-order valence-corrected chi connectivity index (χ3v) is 5.81. The van der Waals surface area contributed by atoms with Crippen LogP contribution in [-0.2, 0) is 4.79 Å². The smallest absolute Gasteiger partial charge is 0.247 e. The Hall–Kier alpha value is -4.23. The maximum Gasteiger partial charge on any atom is 0.247 e. The highest BCUT2D eigenvalue weighted by Crippen LogP contribution is 2.30. The molecule has 1 aliphatic rings. The molecule has 4 aromatic rings. The van der Waals surface area contributed by atoms with Gasteiger partial charge in [-0.25, -0.2) is 9.97 Å². The van der Waals surface area contributed by atoms with E-state index in [0.717, 1.165) is 52.9 Å². The minimum absolute atomic E-state index is 0.245. The van der Waals surface area contributed by atoms with E-state index in [2.05, 4.69) is 45.0 Å². The van der Waals surface area contributed by atoms with Crippen LogP contribution in [0.5, 0.6) is 0 Å². The van der Waals surface area contributed by atoms with Gasteiger partial charge in [-0.15, -0.1) is 0 Å². The summed E-state index contributed by atoms with van der Waals surface area (Å²) in [5, 5.41) is 14.0.